The van der Waals surface area contributed by atoms with Gasteiger partial charge in [-0.2, -0.15) is 0 Å². The molecular weight excluding hydrogens is 156 g/mol. The first-order valence-electron chi connectivity index (χ1n) is 4.48. The van der Waals surface area contributed by atoms with Crippen molar-refractivity contribution >= 4 is 6.47 Å². The second kappa shape index (κ2) is 10.4. The van der Waals surface area contributed by atoms with E-state index in [-0.39, 0.29) is 0 Å². The van der Waals surface area contributed by atoms with Crippen LogP contribution in [0, 0.1) is 0 Å². The van der Waals surface area contributed by atoms with Gasteiger partial charge in [0.25, 0.3) is 0 Å². The lowest BCUT2D eigenvalue weighted by Gasteiger charge is -2.01. The number of ether oxygens (including phenoxy) is 2. The van der Waals surface area contributed by atoms with Crippen LogP contribution in [0.4, 0.5) is 0 Å². The first kappa shape index (κ1) is 11.4. The van der Waals surface area contributed by atoms with E-state index in [0.717, 1.165) is 13.0 Å². The van der Waals surface area contributed by atoms with Gasteiger partial charge >= 0.3 is 6.47 Å². The molecule has 0 bridgehead atoms. The summed E-state index contributed by atoms with van der Waals surface area (Å²) in [4.78, 5) is 9.58. The van der Waals surface area contributed by atoms with Crippen molar-refractivity contribution < 1.29 is 14.3 Å². The van der Waals surface area contributed by atoms with Crippen molar-refractivity contribution in [1.82, 2.24) is 0 Å². The summed E-state index contributed by atoms with van der Waals surface area (Å²) in [6.07, 6.45) is 4.82. The average molecular weight is 173 g/mol. The Balaban J connectivity index is 2.77. The van der Waals surface area contributed by atoms with Gasteiger partial charge in [0, 0.05) is 6.61 Å². The second-order valence-electron chi connectivity index (χ2n) is 2.60. The molecule has 0 aliphatic carbocycles. The third-order valence-electron chi connectivity index (χ3n) is 1.53. The fourth-order valence-electron chi connectivity index (χ4n) is 0.875. The lowest BCUT2D eigenvalue weighted by molar-refractivity contribution is 0.0919. The quantitative estimate of drug-likeness (QED) is 0.497. The summed E-state index contributed by atoms with van der Waals surface area (Å²) >= 11 is 0. The number of hydrogen-bond donors (Lipinski definition) is 0. The highest BCUT2D eigenvalue weighted by atomic mass is 16.5. The number of hydrogen-bond acceptors (Lipinski definition) is 3. The van der Waals surface area contributed by atoms with Crippen LogP contribution in [0.1, 0.15) is 32.6 Å². The zero-order valence-electron chi connectivity index (χ0n) is 7.67. The number of carbonyl (C=O) groups excluding carboxylic acids is 1. The van der Waals surface area contributed by atoms with Gasteiger partial charge in [-0.1, -0.05) is 26.2 Å². The van der Waals surface area contributed by atoms with E-state index in [1.54, 1.807) is 0 Å². The van der Waals surface area contributed by atoms with E-state index < -0.39 is 0 Å². The van der Waals surface area contributed by atoms with E-state index in [2.05, 4.69) is 11.7 Å². The molecule has 3 nitrogen and oxygen atoms in total. The molecule has 0 atom stereocenters. The highest BCUT2D eigenvalue weighted by Gasteiger charge is 1.89. The van der Waals surface area contributed by atoms with Crippen molar-refractivity contribution in [2.24, 2.45) is 0 Å². The molecule has 0 heterocycles. The van der Waals surface area contributed by atoms with Crippen molar-refractivity contribution in [3.63, 3.8) is 0 Å². The second-order valence-corrected chi connectivity index (χ2v) is 2.60. The van der Waals surface area contributed by atoms with Crippen molar-refractivity contribution in [3.05, 3.63) is 0 Å². The zero-order valence-corrected chi connectivity index (χ0v) is 7.67. The van der Waals surface area contributed by atoms with Crippen LogP contribution >= 0.6 is 0 Å². The van der Waals surface area contributed by atoms with Gasteiger partial charge in [-0.3, -0.25) is 0 Å². The van der Waals surface area contributed by atoms with Gasteiger partial charge in [-0.05, 0) is 6.42 Å². The molecule has 0 aliphatic rings. The van der Waals surface area contributed by atoms with Crippen molar-refractivity contribution in [2.45, 2.75) is 32.6 Å². The van der Waals surface area contributed by atoms with Crippen molar-refractivity contribution in [2.75, 3.05) is 19.8 Å². The number of rotatable bonds is 9. The molecular formula is C9H17O3. The van der Waals surface area contributed by atoms with E-state index >= 15 is 0 Å². The predicted molar refractivity (Wildman–Crippen MR) is 46.6 cm³/mol. The van der Waals surface area contributed by atoms with Crippen LogP contribution in [0.3, 0.4) is 0 Å². The van der Waals surface area contributed by atoms with Crippen LogP contribution in [0.25, 0.3) is 0 Å². The van der Waals surface area contributed by atoms with Gasteiger partial charge in [0.1, 0.15) is 6.61 Å². The van der Waals surface area contributed by atoms with E-state index in [0.29, 0.717) is 13.2 Å². The third-order valence-corrected chi connectivity index (χ3v) is 1.53. The first-order chi connectivity index (χ1) is 5.91. The van der Waals surface area contributed by atoms with Gasteiger partial charge in [-0.15, -0.1) is 0 Å². The predicted octanol–water partition coefficient (Wildman–Crippen LogP) is 1.67. The van der Waals surface area contributed by atoms with Crippen molar-refractivity contribution in [3.8, 4) is 0 Å². The third kappa shape index (κ3) is 9.43. The molecule has 0 rings (SSSR count). The van der Waals surface area contributed by atoms with Gasteiger partial charge in [0.05, 0.1) is 6.61 Å². The summed E-state index contributed by atoms with van der Waals surface area (Å²) in [5.74, 6) is 0. The van der Waals surface area contributed by atoms with Crippen LogP contribution in [-0.2, 0) is 14.3 Å². The highest BCUT2D eigenvalue weighted by molar-refractivity contribution is 5.37. The van der Waals surface area contributed by atoms with Crippen LogP contribution in [0.2, 0.25) is 0 Å². The maximum atomic E-state index is 9.58. The molecule has 1 radical (unpaired) electrons. The fourth-order valence-corrected chi connectivity index (χ4v) is 0.875. The Morgan fingerprint density at radius 1 is 1.08 bits per heavy atom. The van der Waals surface area contributed by atoms with E-state index in [9.17, 15) is 4.79 Å². The van der Waals surface area contributed by atoms with E-state index in [1.807, 2.05) is 0 Å². The molecule has 0 saturated carbocycles. The highest BCUT2D eigenvalue weighted by Crippen LogP contribution is 1.98. The minimum Gasteiger partial charge on any atom is -0.455 e. The standard InChI is InChI=1S/C9H17O3/c1-2-3-4-5-6-11-7-8-12-9-10/h2-8H2,1H3. The summed E-state index contributed by atoms with van der Waals surface area (Å²) < 4.78 is 9.51. The maximum absolute atomic E-state index is 9.58. The zero-order chi connectivity index (χ0) is 9.07. The topological polar surface area (TPSA) is 35.5 Å². The molecule has 0 amide bonds. The Morgan fingerprint density at radius 3 is 2.58 bits per heavy atom. The molecule has 3 heteroatoms. The van der Waals surface area contributed by atoms with Crippen LogP contribution < -0.4 is 0 Å². The maximum Gasteiger partial charge on any atom is 0.417 e. The largest absolute Gasteiger partial charge is 0.455 e. The summed E-state index contributed by atoms with van der Waals surface area (Å²) in [5.41, 5.74) is 0. The summed E-state index contributed by atoms with van der Waals surface area (Å²) in [5, 5.41) is 0. The summed E-state index contributed by atoms with van der Waals surface area (Å²) in [6.45, 7) is 5.09. The molecule has 0 spiro atoms. The Bertz CT molecular complexity index is 93.8. The lowest BCUT2D eigenvalue weighted by atomic mass is 10.2. The Labute approximate surface area is 74.0 Å². The first-order valence-corrected chi connectivity index (χ1v) is 4.48. The molecule has 71 valence electrons. The summed E-state index contributed by atoms with van der Waals surface area (Å²) in [7, 11) is 0. The molecule has 0 aromatic carbocycles. The molecule has 0 unspecified atom stereocenters. The molecule has 0 aromatic rings. The molecule has 0 aromatic heterocycles. The Hall–Kier alpha value is -0.570. The molecule has 0 N–H and O–H groups in total. The summed E-state index contributed by atoms with van der Waals surface area (Å²) in [6, 6.07) is 0. The van der Waals surface area contributed by atoms with Crippen LogP contribution in [0.5, 0.6) is 0 Å². The minimum absolute atomic E-state index is 0.317. The van der Waals surface area contributed by atoms with Gasteiger partial charge < -0.3 is 9.47 Å². The van der Waals surface area contributed by atoms with Crippen LogP contribution in [0.15, 0.2) is 0 Å². The Morgan fingerprint density at radius 2 is 1.92 bits per heavy atom. The van der Waals surface area contributed by atoms with Crippen LogP contribution in [-0.4, -0.2) is 26.3 Å². The van der Waals surface area contributed by atoms with Gasteiger partial charge in [0.2, 0.25) is 0 Å². The SMILES string of the molecule is CCCCCCOCCO[C]=O. The normalized spacial score (nSPS) is 9.75. The Kier molecular flexibility index (Phi) is 9.93. The molecule has 0 saturated heterocycles. The minimum atomic E-state index is 0.317. The molecule has 0 fully saturated rings. The smallest absolute Gasteiger partial charge is 0.417 e. The monoisotopic (exact) mass is 173 g/mol. The van der Waals surface area contributed by atoms with E-state index in [1.165, 1.54) is 25.7 Å². The number of unbranched alkanes of at least 4 members (excludes halogenated alkanes) is 3. The van der Waals surface area contributed by atoms with Gasteiger partial charge in [-0.25, -0.2) is 4.79 Å². The van der Waals surface area contributed by atoms with Gasteiger partial charge in [0.15, 0.2) is 0 Å². The molecule has 0 aliphatic heterocycles. The lowest BCUT2D eigenvalue weighted by Crippen LogP contribution is -2.04. The molecule has 12 heavy (non-hydrogen) atoms. The van der Waals surface area contributed by atoms with Crippen molar-refractivity contribution in [1.29, 1.82) is 0 Å². The van der Waals surface area contributed by atoms with E-state index in [4.69, 9.17) is 4.74 Å². The fraction of sp³-hybridized carbons (Fsp3) is 0.889. The average Bonchev–Trinajstić information content (AvgIpc) is 2.10.